The zero-order valence-electron chi connectivity index (χ0n) is 11.0. The van der Waals surface area contributed by atoms with Crippen LogP contribution in [0, 0.1) is 0 Å². The van der Waals surface area contributed by atoms with Crippen LogP contribution in [0.5, 0.6) is 0 Å². The highest BCUT2D eigenvalue weighted by atomic mass is 35.5. The van der Waals surface area contributed by atoms with Gasteiger partial charge in [-0.25, -0.2) is 0 Å². The molecule has 0 spiro atoms. The lowest BCUT2D eigenvalue weighted by Gasteiger charge is -2.22. The summed E-state index contributed by atoms with van der Waals surface area (Å²) in [4.78, 5) is 0. The molecule has 100 valence electrons. The van der Waals surface area contributed by atoms with E-state index in [0.29, 0.717) is 12.0 Å². The summed E-state index contributed by atoms with van der Waals surface area (Å²) in [5.41, 5.74) is 1.25. The van der Waals surface area contributed by atoms with Crippen LogP contribution in [0.15, 0.2) is 24.3 Å². The largest absolute Gasteiger partial charge is 0.378 e. The maximum absolute atomic E-state index is 6.31. The first-order valence-electron chi connectivity index (χ1n) is 6.88. The Labute approximate surface area is 115 Å². The average Bonchev–Trinajstić information content (AvgIpc) is 2.88. The van der Waals surface area contributed by atoms with Crippen molar-refractivity contribution in [3.05, 3.63) is 34.9 Å². The minimum absolute atomic E-state index is 0.407. The van der Waals surface area contributed by atoms with E-state index in [1.807, 2.05) is 12.1 Å². The fourth-order valence-corrected chi connectivity index (χ4v) is 2.88. The molecule has 2 unspecified atom stereocenters. The Morgan fingerprint density at radius 1 is 1.44 bits per heavy atom. The van der Waals surface area contributed by atoms with Crippen LogP contribution in [0.25, 0.3) is 0 Å². The van der Waals surface area contributed by atoms with Gasteiger partial charge in [0.1, 0.15) is 0 Å². The van der Waals surface area contributed by atoms with Crippen LogP contribution in [-0.2, 0) is 4.74 Å². The van der Waals surface area contributed by atoms with E-state index >= 15 is 0 Å². The molecule has 1 aromatic carbocycles. The first-order chi connectivity index (χ1) is 8.81. The van der Waals surface area contributed by atoms with Gasteiger partial charge < -0.3 is 10.1 Å². The molecule has 0 saturated carbocycles. The van der Waals surface area contributed by atoms with Crippen LogP contribution in [-0.4, -0.2) is 25.8 Å². The fraction of sp³-hybridized carbons (Fsp3) is 0.600. The molecule has 0 amide bonds. The van der Waals surface area contributed by atoms with Gasteiger partial charge in [0.25, 0.3) is 0 Å². The molecule has 3 heteroatoms. The van der Waals surface area contributed by atoms with Crippen LogP contribution in [0.1, 0.15) is 37.7 Å². The minimum atomic E-state index is 0.407. The SMILES string of the molecule is CCNCC(CC1CCCO1)c1ccccc1Cl. The van der Waals surface area contributed by atoms with Crippen LogP contribution in [0.3, 0.4) is 0 Å². The van der Waals surface area contributed by atoms with Crippen molar-refractivity contribution >= 4 is 11.6 Å². The van der Waals surface area contributed by atoms with Gasteiger partial charge in [0.05, 0.1) is 6.10 Å². The second-order valence-corrected chi connectivity index (χ2v) is 5.30. The van der Waals surface area contributed by atoms with E-state index in [-0.39, 0.29) is 0 Å². The summed E-state index contributed by atoms with van der Waals surface area (Å²) in [6.45, 7) is 5.02. The summed E-state index contributed by atoms with van der Waals surface area (Å²) in [5, 5.41) is 4.31. The first kappa shape index (κ1) is 13.9. The Kier molecular flexibility index (Phi) is 5.48. The lowest BCUT2D eigenvalue weighted by Crippen LogP contribution is -2.24. The molecule has 2 atom stereocenters. The van der Waals surface area contributed by atoms with E-state index < -0.39 is 0 Å². The molecule has 0 radical (unpaired) electrons. The summed E-state index contributed by atoms with van der Waals surface area (Å²) >= 11 is 6.31. The van der Waals surface area contributed by atoms with Gasteiger partial charge in [0.2, 0.25) is 0 Å². The second kappa shape index (κ2) is 7.13. The number of likely N-dealkylation sites (N-methyl/N-ethyl adjacent to an activating group) is 1. The van der Waals surface area contributed by atoms with E-state index in [2.05, 4.69) is 24.4 Å². The Bertz CT molecular complexity index is 363. The predicted octanol–water partition coefficient (Wildman–Crippen LogP) is 3.60. The Morgan fingerprint density at radius 2 is 2.28 bits per heavy atom. The lowest BCUT2D eigenvalue weighted by molar-refractivity contribution is 0.0977. The maximum Gasteiger partial charge on any atom is 0.0582 e. The van der Waals surface area contributed by atoms with Gasteiger partial charge in [0, 0.05) is 24.1 Å². The lowest BCUT2D eigenvalue weighted by atomic mass is 9.92. The van der Waals surface area contributed by atoms with Crippen LogP contribution in [0.2, 0.25) is 5.02 Å². The number of nitrogens with one attached hydrogen (secondary N) is 1. The molecule has 1 N–H and O–H groups in total. The maximum atomic E-state index is 6.31. The zero-order chi connectivity index (χ0) is 12.8. The van der Waals surface area contributed by atoms with E-state index in [1.165, 1.54) is 18.4 Å². The van der Waals surface area contributed by atoms with Crippen LogP contribution < -0.4 is 5.32 Å². The third-order valence-corrected chi connectivity index (χ3v) is 3.90. The van der Waals surface area contributed by atoms with Gasteiger partial charge in [-0.2, -0.15) is 0 Å². The number of hydrogen-bond acceptors (Lipinski definition) is 2. The molecule has 1 aromatic rings. The van der Waals surface area contributed by atoms with E-state index in [0.717, 1.165) is 31.1 Å². The summed E-state index contributed by atoms with van der Waals surface area (Å²) in [6.07, 6.45) is 3.86. The minimum Gasteiger partial charge on any atom is -0.378 e. The smallest absolute Gasteiger partial charge is 0.0582 e. The summed E-state index contributed by atoms with van der Waals surface area (Å²) in [6, 6.07) is 8.17. The Hall–Kier alpha value is -0.570. The fourth-order valence-electron chi connectivity index (χ4n) is 2.59. The van der Waals surface area contributed by atoms with Crippen molar-refractivity contribution in [1.29, 1.82) is 0 Å². The zero-order valence-corrected chi connectivity index (χ0v) is 11.7. The monoisotopic (exact) mass is 267 g/mol. The van der Waals surface area contributed by atoms with E-state index in [1.54, 1.807) is 0 Å². The van der Waals surface area contributed by atoms with Gasteiger partial charge in [-0.3, -0.25) is 0 Å². The van der Waals surface area contributed by atoms with Crippen molar-refractivity contribution in [3.63, 3.8) is 0 Å². The summed E-state index contributed by atoms with van der Waals surface area (Å²) in [7, 11) is 0. The van der Waals surface area contributed by atoms with E-state index in [9.17, 15) is 0 Å². The molecule has 1 heterocycles. The number of ether oxygens (including phenoxy) is 1. The van der Waals surface area contributed by atoms with Gasteiger partial charge in [-0.1, -0.05) is 36.7 Å². The molecular weight excluding hydrogens is 246 g/mol. The number of halogens is 1. The molecule has 1 fully saturated rings. The Morgan fingerprint density at radius 3 is 2.94 bits per heavy atom. The standard InChI is InChI=1S/C15H22ClNO/c1-2-17-11-12(10-13-6-5-9-18-13)14-7-3-4-8-15(14)16/h3-4,7-8,12-13,17H,2,5-6,9-11H2,1H3. The van der Waals surface area contributed by atoms with Crippen LogP contribution >= 0.6 is 11.6 Å². The van der Waals surface area contributed by atoms with Crippen molar-refractivity contribution in [2.24, 2.45) is 0 Å². The molecule has 2 nitrogen and oxygen atoms in total. The van der Waals surface area contributed by atoms with Gasteiger partial charge in [0.15, 0.2) is 0 Å². The van der Waals surface area contributed by atoms with Crippen LogP contribution in [0.4, 0.5) is 0 Å². The molecule has 2 rings (SSSR count). The molecule has 1 aliphatic rings. The molecular formula is C15H22ClNO. The quantitative estimate of drug-likeness (QED) is 0.850. The molecule has 0 aromatic heterocycles. The summed E-state index contributed by atoms with van der Waals surface area (Å²) in [5.74, 6) is 0.446. The molecule has 0 bridgehead atoms. The van der Waals surface area contributed by atoms with Crippen molar-refractivity contribution in [3.8, 4) is 0 Å². The van der Waals surface area contributed by atoms with Crippen molar-refractivity contribution in [2.45, 2.75) is 38.2 Å². The predicted molar refractivity (Wildman–Crippen MR) is 76.3 cm³/mol. The topological polar surface area (TPSA) is 21.3 Å². The normalized spacial score (nSPS) is 21.1. The van der Waals surface area contributed by atoms with Gasteiger partial charge >= 0.3 is 0 Å². The number of benzene rings is 1. The molecule has 1 aliphatic heterocycles. The Balaban J connectivity index is 2.06. The number of rotatable bonds is 6. The van der Waals surface area contributed by atoms with Crippen molar-refractivity contribution < 1.29 is 4.74 Å². The third-order valence-electron chi connectivity index (χ3n) is 3.56. The van der Waals surface area contributed by atoms with Crippen molar-refractivity contribution in [1.82, 2.24) is 5.32 Å². The van der Waals surface area contributed by atoms with Gasteiger partial charge in [-0.15, -0.1) is 0 Å². The first-order valence-corrected chi connectivity index (χ1v) is 7.25. The third kappa shape index (κ3) is 3.71. The van der Waals surface area contributed by atoms with E-state index in [4.69, 9.17) is 16.3 Å². The highest BCUT2D eigenvalue weighted by Gasteiger charge is 2.22. The molecule has 1 saturated heterocycles. The average molecular weight is 268 g/mol. The second-order valence-electron chi connectivity index (χ2n) is 4.90. The highest BCUT2D eigenvalue weighted by molar-refractivity contribution is 6.31. The number of hydrogen-bond donors (Lipinski definition) is 1. The van der Waals surface area contributed by atoms with Crippen molar-refractivity contribution in [2.75, 3.05) is 19.7 Å². The highest BCUT2D eigenvalue weighted by Crippen LogP contribution is 2.30. The molecule has 18 heavy (non-hydrogen) atoms. The van der Waals surface area contributed by atoms with Gasteiger partial charge in [-0.05, 0) is 37.4 Å². The summed E-state index contributed by atoms with van der Waals surface area (Å²) < 4.78 is 5.75. The molecule has 0 aliphatic carbocycles.